The van der Waals surface area contributed by atoms with E-state index in [-0.39, 0.29) is 12.5 Å². The molecule has 3 heterocycles. The molecule has 0 atom stereocenters. The Labute approximate surface area is 164 Å². The summed E-state index contributed by atoms with van der Waals surface area (Å²) in [6.45, 7) is 3.96. The fourth-order valence-corrected chi connectivity index (χ4v) is 3.41. The topological polar surface area (TPSA) is 59.3 Å². The van der Waals surface area contributed by atoms with Crippen LogP contribution < -0.4 is 9.47 Å². The summed E-state index contributed by atoms with van der Waals surface area (Å²) in [6.07, 6.45) is 3.96. The number of hydrogen-bond acceptors (Lipinski definition) is 5. The molecule has 1 aromatic carbocycles. The minimum atomic E-state index is 0.0114. The van der Waals surface area contributed by atoms with Crippen LogP contribution in [-0.2, 0) is 11.3 Å². The summed E-state index contributed by atoms with van der Waals surface area (Å²) in [4.78, 5) is 21.1. The molecule has 28 heavy (non-hydrogen) atoms. The number of pyridine rings is 1. The van der Waals surface area contributed by atoms with E-state index >= 15 is 0 Å². The van der Waals surface area contributed by atoms with E-state index in [0.29, 0.717) is 24.6 Å². The Morgan fingerprint density at radius 3 is 2.71 bits per heavy atom. The van der Waals surface area contributed by atoms with Crippen LogP contribution in [0.25, 0.3) is 5.65 Å². The van der Waals surface area contributed by atoms with Gasteiger partial charge in [0.2, 0.25) is 0 Å². The summed E-state index contributed by atoms with van der Waals surface area (Å²) >= 11 is 0. The molecule has 7 heteroatoms. The lowest BCUT2D eigenvalue weighted by Gasteiger charge is -2.34. The molecule has 1 saturated heterocycles. The first-order chi connectivity index (χ1) is 13.7. The van der Waals surface area contributed by atoms with Crippen molar-refractivity contribution in [1.82, 2.24) is 19.2 Å². The third-order valence-electron chi connectivity index (χ3n) is 5.01. The first-order valence-electron chi connectivity index (χ1n) is 9.41. The van der Waals surface area contributed by atoms with Crippen molar-refractivity contribution in [1.29, 1.82) is 0 Å². The maximum absolute atomic E-state index is 12.5. The van der Waals surface area contributed by atoms with Gasteiger partial charge in [-0.2, -0.15) is 0 Å². The van der Waals surface area contributed by atoms with E-state index < -0.39 is 0 Å². The number of carbonyl (C=O) groups is 1. The first kappa shape index (κ1) is 18.3. The second-order valence-electron chi connectivity index (χ2n) is 6.80. The number of benzene rings is 1. The normalized spacial score (nSPS) is 15.0. The number of carbonyl (C=O) groups excluding carboxylic acids is 1. The van der Waals surface area contributed by atoms with Crippen molar-refractivity contribution < 1.29 is 14.3 Å². The number of rotatable bonds is 6. The van der Waals surface area contributed by atoms with Crippen molar-refractivity contribution in [2.24, 2.45) is 0 Å². The van der Waals surface area contributed by atoms with Crippen molar-refractivity contribution in [2.45, 2.75) is 6.54 Å². The van der Waals surface area contributed by atoms with Gasteiger partial charge < -0.3 is 18.8 Å². The molecule has 2 aromatic heterocycles. The molecule has 1 fully saturated rings. The molecule has 0 unspecified atom stereocenters. The van der Waals surface area contributed by atoms with Gasteiger partial charge in [-0.15, -0.1) is 0 Å². The van der Waals surface area contributed by atoms with Crippen molar-refractivity contribution in [3.8, 4) is 11.5 Å². The molecule has 146 valence electrons. The molecule has 0 N–H and O–H groups in total. The summed E-state index contributed by atoms with van der Waals surface area (Å²) in [5.41, 5.74) is 2.12. The Balaban J connectivity index is 1.27. The van der Waals surface area contributed by atoms with Gasteiger partial charge in [0, 0.05) is 45.0 Å². The number of amides is 1. The number of methoxy groups -OCH3 is 1. The molecule has 0 spiro atoms. The van der Waals surface area contributed by atoms with E-state index in [4.69, 9.17) is 9.47 Å². The fraction of sp³-hybridized carbons (Fsp3) is 0.333. The van der Waals surface area contributed by atoms with Gasteiger partial charge in [-0.1, -0.05) is 12.1 Å². The molecule has 7 nitrogen and oxygen atoms in total. The standard InChI is InChI=1S/C21H24N4O3/c1-27-18-5-4-6-19(13-18)28-16-21(26)24-11-9-23(10-12-24)15-17-14-22-20-7-2-3-8-25(17)20/h2-8,13-14H,9-12,15-16H2,1H3. The van der Waals surface area contributed by atoms with Gasteiger partial charge >= 0.3 is 0 Å². The quantitative estimate of drug-likeness (QED) is 0.655. The van der Waals surface area contributed by atoms with Crippen LogP contribution in [0.5, 0.6) is 11.5 Å². The fourth-order valence-electron chi connectivity index (χ4n) is 3.41. The Bertz CT molecular complexity index is 947. The summed E-state index contributed by atoms with van der Waals surface area (Å²) in [7, 11) is 1.61. The third-order valence-corrected chi connectivity index (χ3v) is 5.01. The number of fused-ring (bicyclic) bond motifs is 1. The highest BCUT2D eigenvalue weighted by atomic mass is 16.5. The van der Waals surface area contributed by atoms with Crippen LogP contribution in [0.1, 0.15) is 5.69 Å². The van der Waals surface area contributed by atoms with Crippen LogP contribution in [0.4, 0.5) is 0 Å². The van der Waals surface area contributed by atoms with Crippen LogP contribution >= 0.6 is 0 Å². The predicted molar refractivity (Wildman–Crippen MR) is 106 cm³/mol. The van der Waals surface area contributed by atoms with Gasteiger partial charge in [0.15, 0.2) is 6.61 Å². The third kappa shape index (κ3) is 4.09. The van der Waals surface area contributed by atoms with E-state index in [9.17, 15) is 4.79 Å². The lowest BCUT2D eigenvalue weighted by molar-refractivity contribution is -0.135. The number of piperazine rings is 1. The Morgan fingerprint density at radius 1 is 1.07 bits per heavy atom. The SMILES string of the molecule is COc1cccc(OCC(=O)N2CCN(Cc3cnc4ccccn34)CC2)c1. The molecule has 0 radical (unpaired) electrons. The van der Waals surface area contributed by atoms with Crippen LogP contribution in [0.15, 0.2) is 54.9 Å². The highest BCUT2D eigenvalue weighted by Gasteiger charge is 2.22. The summed E-state index contributed by atoms with van der Waals surface area (Å²) < 4.78 is 12.9. The molecular formula is C21H24N4O3. The van der Waals surface area contributed by atoms with Gasteiger partial charge in [0.05, 0.1) is 19.0 Å². The molecule has 3 aromatic rings. The van der Waals surface area contributed by atoms with Crippen molar-refractivity contribution in [3.63, 3.8) is 0 Å². The highest BCUT2D eigenvalue weighted by molar-refractivity contribution is 5.77. The lowest BCUT2D eigenvalue weighted by Crippen LogP contribution is -2.49. The van der Waals surface area contributed by atoms with E-state index in [1.807, 2.05) is 53.7 Å². The minimum absolute atomic E-state index is 0.0114. The van der Waals surface area contributed by atoms with Crippen molar-refractivity contribution >= 4 is 11.6 Å². The summed E-state index contributed by atoms with van der Waals surface area (Å²) in [5, 5.41) is 0. The second kappa shape index (κ2) is 8.31. The maximum Gasteiger partial charge on any atom is 0.260 e. The predicted octanol–water partition coefficient (Wildman–Crippen LogP) is 2.07. The monoisotopic (exact) mass is 380 g/mol. The number of ether oxygens (including phenoxy) is 2. The Kier molecular flexibility index (Phi) is 5.43. The van der Waals surface area contributed by atoms with Crippen molar-refractivity contribution in [2.75, 3.05) is 39.9 Å². The van der Waals surface area contributed by atoms with Gasteiger partial charge in [0.25, 0.3) is 5.91 Å². The molecule has 1 aliphatic rings. The van der Waals surface area contributed by atoms with E-state index in [1.54, 1.807) is 13.2 Å². The lowest BCUT2D eigenvalue weighted by atomic mass is 10.3. The minimum Gasteiger partial charge on any atom is -0.497 e. The van der Waals surface area contributed by atoms with Gasteiger partial charge in [-0.05, 0) is 24.3 Å². The van der Waals surface area contributed by atoms with Gasteiger partial charge in [0.1, 0.15) is 17.1 Å². The zero-order valence-electron chi connectivity index (χ0n) is 16.0. The maximum atomic E-state index is 12.5. The molecule has 0 bridgehead atoms. The largest absolute Gasteiger partial charge is 0.497 e. The van der Waals surface area contributed by atoms with Gasteiger partial charge in [-0.3, -0.25) is 9.69 Å². The zero-order chi connectivity index (χ0) is 19.3. The number of nitrogens with zero attached hydrogens (tertiary/aromatic N) is 4. The average molecular weight is 380 g/mol. The molecule has 1 amide bonds. The zero-order valence-corrected chi connectivity index (χ0v) is 16.0. The molecule has 1 aliphatic heterocycles. The van der Waals surface area contributed by atoms with Crippen LogP contribution in [0.2, 0.25) is 0 Å². The van der Waals surface area contributed by atoms with E-state index in [1.165, 1.54) is 0 Å². The Hall–Kier alpha value is -3.06. The molecular weight excluding hydrogens is 356 g/mol. The number of hydrogen-bond donors (Lipinski definition) is 0. The highest BCUT2D eigenvalue weighted by Crippen LogP contribution is 2.19. The van der Waals surface area contributed by atoms with Crippen LogP contribution in [0, 0.1) is 0 Å². The van der Waals surface area contributed by atoms with E-state index in [0.717, 1.165) is 31.0 Å². The molecule has 0 aliphatic carbocycles. The summed E-state index contributed by atoms with van der Waals surface area (Å²) in [6, 6.07) is 13.3. The van der Waals surface area contributed by atoms with Gasteiger partial charge in [-0.25, -0.2) is 4.98 Å². The second-order valence-corrected chi connectivity index (χ2v) is 6.80. The smallest absolute Gasteiger partial charge is 0.260 e. The van der Waals surface area contributed by atoms with Crippen LogP contribution in [-0.4, -0.2) is 65.0 Å². The summed E-state index contributed by atoms with van der Waals surface area (Å²) in [5.74, 6) is 1.36. The van der Waals surface area contributed by atoms with Crippen molar-refractivity contribution in [3.05, 3.63) is 60.6 Å². The van der Waals surface area contributed by atoms with Crippen LogP contribution in [0.3, 0.4) is 0 Å². The Morgan fingerprint density at radius 2 is 1.89 bits per heavy atom. The number of imidazole rings is 1. The first-order valence-corrected chi connectivity index (χ1v) is 9.41. The average Bonchev–Trinajstić information content (AvgIpc) is 3.15. The number of aromatic nitrogens is 2. The molecule has 0 saturated carbocycles. The molecule has 4 rings (SSSR count). The van der Waals surface area contributed by atoms with E-state index in [2.05, 4.69) is 14.3 Å².